The maximum atomic E-state index is 13.4. The van der Waals surface area contributed by atoms with Gasteiger partial charge in [0.05, 0.1) is 24.8 Å². The van der Waals surface area contributed by atoms with Gasteiger partial charge in [-0.05, 0) is 54.4 Å². The molecule has 0 aliphatic rings. The van der Waals surface area contributed by atoms with Crippen molar-refractivity contribution in [3.8, 4) is 11.5 Å². The highest BCUT2D eigenvalue weighted by Gasteiger charge is 2.27. The molecule has 0 radical (unpaired) electrons. The van der Waals surface area contributed by atoms with Gasteiger partial charge in [-0.1, -0.05) is 46.3 Å². The summed E-state index contributed by atoms with van der Waals surface area (Å²) < 4.78 is 33.9. The average molecular weight is 546 g/mol. The van der Waals surface area contributed by atoms with E-state index in [-0.39, 0.29) is 17.2 Å². The number of halogens is 1. The van der Waals surface area contributed by atoms with Crippen LogP contribution in [0.15, 0.2) is 81.2 Å². The molecule has 34 heavy (non-hydrogen) atoms. The Labute approximate surface area is 207 Å². The highest BCUT2D eigenvalue weighted by molar-refractivity contribution is 9.10. The van der Waals surface area contributed by atoms with E-state index in [1.807, 2.05) is 6.07 Å². The lowest BCUT2D eigenvalue weighted by Gasteiger charge is -2.22. The molecule has 8 nitrogen and oxygen atoms in total. The van der Waals surface area contributed by atoms with E-state index in [9.17, 15) is 18.3 Å². The van der Waals surface area contributed by atoms with Gasteiger partial charge in [0.2, 0.25) is 10.0 Å². The highest BCUT2D eigenvalue weighted by atomic mass is 79.9. The van der Waals surface area contributed by atoms with E-state index in [2.05, 4.69) is 26.5 Å². The van der Waals surface area contributed by atoms with Crippen molar-refractivity contribution in [2.45, 2.75) is 18.4 Å². The topological polar surface area (TPSA) is 108 Å². The van der Waals surface area contributed by atoms with Crippen molar-refractivity contribution in [3.63, 3.8) is 0 Å². The summed E-state index contributed by atoms with van der Waals surface area (Å²) in [6.45, 7) is 1.29. The lowest BCUT2D eigenvalue weighted by Crippen LogP contribution is -2.39. The number of carbonyl (C=O) groups is 1. The lowest BCUT2D eigenvalue weighted by molar-refractivity contribution is -0.121. The van der Waals surface area contributed by atoms with E-state index in [1.165, 1.54) is 31.5 Å². The fourth-order valence-electron chi connectivity index (χ4n) is 3.17. The molecular formula is C24H24BrN3O5S. The van der Waals surface area contributed by atoms with Gasteiger partial charge in [-0.25, -0.2) is 13.8 Å². The first-order chi connectivity index (χ1) is 16.2. The third-order valence-electron chi connectivity index (χ3n) is 4.91. The predicted octanol–water partition coefficient (Wildman–Crippen LogP) is 3.81. The van der Waals surface area contributed by atoms with Gasteiger partial charge in [0.1, 0.15) is 11.5 Å². The van der Waals surface area contributed by atoms with Crippen LogP contribution in [0.3, 0.4) is 0 Å². The summed E-state index contributed by atoms with van der Waals surface area (Å²) in [5, 5.41) is 13.7. The zero-order valence-electron chi connectivity index (χ0n) is 18.6. The summed E-state index contributed by atoms with van der Waals surface area (Å²) in [5.41, 5.74) is 4.10. The Morgan fingerprint density at radius 2 is 1.88 bits per heavy atom. The summed E-state index contributed by atoms with van der Waals surface area (Å²) >= 11 is 3.30. The zero-order valence-corrected chi connectivity index (χ0v) is 21.0. The number of aryl methyl sites for hydroxylation is 1. The number of hydrazone groups is 1. The van der Waals surface area contributed by atoms with Gasteiger partial charge in [0.15, 0.2) is 0 Å². The molecule has 0 spiro atoms. The van der Waals surface area contributed by atoms with Crippen molar-refractivity contribution in [3.05, 3.63) is 87.9 Å². The molecule has 0 aromatic heterocycles. The summed E-state index contributed by atoms with van der Waals surface area (Å²) in [6, 6.07) is 18.3. The Balaban J connectivity index is 1.82. The smallest absolute Gasteiger partial charge is 0.255 e. The van der Waals surface area contributed by atoms with Gasteiger partial charge in [-0.3, -0.25) is 4.79 Å². The second-order valence-corrected chi connectivity index (χ2v) is 10.2. The summed E-state index contributed by atoms with van der Waals surface area (Å²) in [4.78, 5) is 12.7. The third kappa shape index (κ3) is 6.43. The number of nitrogens with zero attached hydrogens (tertiary/aromatic N) is 2. The number of benzene rings is 3. The van der Waals surface area contributed by atoms with Gasteiger partial charge >= 0.3 is 0 Å². The van der Waals surface area contributed by atoms with Gasteiger partial charge in [-0.2, -0.15) is 9.41 Å². The number of aromatic hydroxyl groups is 1. The molecule has 0 fully saturated rings. The van der Waals surface area contributed by atoms with Crippen molar-refractivity contribution in [2.24, 2.45) is 5.10 Å². The van der Waals surface area contributed by atoms with Crippen molar-refractivity contribution in [1.29, 1.82) is 0 Å². The van der Waals surface area contributed by atoms with Crippen LogP contribution in [-0.4, -0.2) is 43.6 Å². The fraction of sp³-hybridized carbons (Fsp3) is 0.167. The minimum absolute atomic E-state index is 0.00218. The molecule has 10 heteroatoms. The molecule has 0 bridgehead atoms. The van der Waals surface area contributed by atoms with Crippen LogP contribution in [0.5, 0.6) is 11.5 Å². The van der Waals surface area contributed by atoms with Gasteiger partial charge in [0, 0.05) is 16.6 Å². The van der Waals surface area contributed by atoms with E-state index in [4.69, 9.17) is 4.74 Å². The quantitative estimate of drug-likeness (QED) is 0.314. The van der Waals surface area contributed by atoms with E-state index >= 15 is 0 Å². The maximum Gasteiger partial charge on any atom is 0.255 e. The first-order valence-electron chi connectivity index (χ1n) is 10.2. The summed E-state index contributed by atoms with van der Waals surface area (Å²) in [6.07, 6.45) is 1.28. The first-order valence-corrected chi connectivity index (χ1v) is 12.4. The number of nitrogens with one attached hydrogen (secondary N) is 1. The zero-order chi connectivity index (χ0) is 24.7. The normalized spacial score (nSPS) is 11.6. The highest BCUT2D eigenvalue weighted by Crippen LogP contribution is 2.25. The Morgan fingerprint density at radius 1 is 1.15 bits per heavy atom. The number of methoxy groups -OCH3 is 1. The lowest BCUT2D eigenvalue weighted by atomic mass is 10.2. The molecule has 0 aliphatic heterocycles. The minimum Gasteiger partial charge on any atom is -0.507 e. The molecular weight excluding hydrogens is 522 g/mol. The Morgan fingerprint density at radius 3 is 2.56 bits per heavy atom. The fourth-order valence-corrected chi connectivity index (χ4v) is 5.02. The number of hydrogen-bond donors (Lipinski definition) is 2. The van der Waals surface area contributed by atoms with Crippen LogP contribution in [0.2, 0.25) is 0 Å². The van der Waals surface area contributed by atoms with Gasteiger partial charge in [0.25, 0.3) is 5.91 Å². The maximum absolute atomic E-state index is 13.4. The van der Waals surface area contributed by atoms with Crippen LogP contribution < -0.4 is 10.2 Å². The number of amides is 1. The van der Waals surface area contributed by atoms with Crippen LogP contribution in [0.25, 0.3) is 0 Å². The summed E-state index contributed by atoms with van der Waals surface area (Å²) in [7, 11) is -2.50. The van der Waals surface area contributed by atoms with Crippen molar-refractivity contribution in [2.75, 3.05) is 13.7 Å². The SMILES string of the molecule is COc1ccc(S(=O)(=O)N(CC(=O)N/N=C/c2cc(Br)ccc2O)Cc2ccccc2)cc1C. The third-order valence-corrected chi connectivity index (χ3v) is 7.19. The second-order valence-electron chi connectivity index (χ2n) is 7.39. The monoisotopic (exact) mass is 545 g/mol. The molecule has 0 aliphatic carbocycles. The number of rotatable bonds is 9. The van der Waals surface area contributed by atoms with Crippen molar-refractivity contribution < 1.29 is 23.1 Å². The first kappa shape index (κ1) is 25.4. The molecule has 3 aromatic carbocycles. The number of sulfonamides is 1. The largest absolute Gasteiger partial charge is 0.507 e. The molecule has 0 atom stereocenters. The van der Waals surface area contributed by atoms with Crippen molar-refractivity contribution in [1.82, 2.24) is 9.73 Å². The van der Waals surface area contributed by atoms with Crippen LogP contribution in [-0.2, 0) is 21.4 Å². The van der Waals surface area contributed by atoms with Gasteiger partial charge < -0.3 is 9.84 Å². The molecule has 0 unspecified atom stereocenters. The second kappa shape index (κ2) is 11.3. The number of carbonyl (C=O) groups excluding carboxylic acids is 1. The van der Waals surface area contributed by atoms with E-state index in [0.29, 0.717) is 16.9 Å². The Kier molecular flexibility index (Phi) is 8.43. The standard InChI is InChI=1S/C24H24BrN3O5S/c1-17-12-21(9-11-23(17)33-2)34(31,32)28(15-18-6-4-3-5-7-18)16-24(30)27-26-14-19-13-20(25)8-10-22(19)29/h3-14,29H,15-16H2,1-2H3,(H,27,30)/b26-14+. The molecule has 1 amide bonds. The van der Waals surface area contributed by atoms with E-state index in [1.54, 1.807) is 49.4 Å². The van der Waals surface area contributed by atoms with Crippen LogP contribution in [0, 0.1) is 6.92 Å². The van der Waals surface area contributed by atoms with Crippen LogP contribution >= 0.6 is 15.9 Å². The predicted molar refractivity (Wildman–Crippen MR) is 133 cm³/mol. The van der Waals surface area contributed by atoms with E-state index in [0.717, 1.165) is 14.3 Å². The Hall–Kier alpha value is -3.21. The van der Waals surface area contributed by atoms with Gasteiger partial charge in [-0.15, -0.1) is 0 Å². The van der Waals surface area contributed by atoms with Crippen LogP contribution in [0.1, 0.15) is 16.7 Å². The Bertz CT molecular complexity index is 1300. The molecule has 3 aromatic rings. The van der Waals surface area contributed by atoms with E-state index < -0.39 is 22.5 Å². The molecule has 0 saturated heterocycles. The molecule has 3 rings (SSSR count). The summed E-state index contributed by atoms with van der Waals surface area (Å²) in [5.74, 6) is -0.0729. The minimum atomic E-state index is -4.01. The number of ether oxygens (including phenoxy) is 1. The van der Waals surface area contributed by atoms with Crippen LogP contribution in [0.4, 0.5) is 0 Å². The van der Waals surface area contributed by atoms with Crippen molar-refractivity contribution >= 4 is 38.1 Å². The molecule has 0 saturated carbocycles. The number of hydrogen-bond acceptors (Lipinski definition) is 6. The number of phenolic OH excluding ortho intramolecular Hbond substituents is 1. The number of phenols is 1. The average Bonchev–Trinajstić information content (AvgIpc) is 2.81. The molecule has 2 N–H and O–H groups in total. The molecule has 178 valence electrons. The molecule has 0 heterocycles.